The fourth-order valence-corrected chi connectivity index (χ4v) is 2.13. The SMILES string of the molecule is Cc1nc2c(c(=O)n1CC(=O)O)CCCC2. The Bertz CT molecular complexity index is 491. The number of aliphatic carboxylic acids is 1. The van der Waals surface area contributed by atoms with Crippen LogP contribution in [0.2, 0.25) is 0 Å². The third-order valence-corrected chi connectivity index (χ3v) is 2.92. The molecule has 0 aliphatic heterocycles. The minimum Gasteiger partial charge on any atom is -0.480 e. The number of carboxylic acid groups (broad SMARTS) is 1. The highest BCUT2D eigenvalue weighted by atomic mass is 16.4. The average Bonchev–Trinajstić information content (AvgIpc) is 2.24. The van der Waals surface area contributed by atoms with E-state index in [0.29, 0.717) is 11.4 Å². The summed E-state index contributed by atoms with van der Waals surface area (Å²) >= 11 is 0. The van der Waals surface area contributed by atoms with E-state index in [1.54, 1.807) is 6.92 Å². The lowest BCUT2D eigenvalue weighted by Gasteiger charge is -2.17. The Balaban J connectivity index is 2.54. The van der Waals surface area contributed by atoms with Crippen LogP contribution in [-0.2, 0) is 24.2 Å². The molecule has 1 heterocycles. The van der Waals surface area contributed by atoms with Crippen LogP contribution in [0.3, 0.4) is 0 Å². The molecule has 0 bridgehead atoms. The maximum absolute atomic E-state index is 12.0. The van der Waals surface area contributed by atoms with Gasteiger partial charge in [0.25, 0.3) is 5.56 Å². The molecule has 1 aromatic rings. The van der Waals surface area contributed by atoms with Crippen LogP contribution in [0.5, 0.6) is 0 Å². The molecule has 0 fully saturated rings. The Labute approximate surface area is 92.7 Å². The molecule has 1 aliphatic carbocycles. The molecule has 1 N–H and O–H groups in total. The van der Waals surface area contributed by atoms with Gasteiger partial charge in [0.1, 0.15) is 12.4 Å². The molecular formula is C11H14N2O3. The summed E-state index contributed by atoms with van der Waals surface area (Å²) in [5.74, 6) is -0.518. The summed E-state index contributed by atoms with van der Waals surface area (Å²) < 4.78 is 1.24. The Kier molecular flexibility index (Phi) is 2.77. The summed E-state index contributed by atoms with van der Waals surface area (Å²) in [6.07, 6.45) is 3.60. The molecule has 0 aromatic carbocycles. The van der Waals surface area contributed by atoms with E-state index in [0.717, 1.165) is 31.4 Å². The summed E-state index contributed by atoms with van der Waals surface area (Å²) in [5.41, 5.74) is 1.39. The monoisotopic (exact) mass is 222 g/mol. The number of carbonyl (C=O) groups is 1. The normalized spacial score (nSPS) is 14.6. The second-order valence-electron chi connectivity index (χ2n) is 4.08. The van der Waals surface area contributed by atoms with Crippen LogP contribution < -0.4 is 5.56 Å². The second-order valence-corrected chi connectivity index (χ2v) is 4.08. The van der Waals surface area contributed by atoms with Crippen LogP contribution in [0.25, 0.3) is 0 Å². The molecule has 2 rings (SSSR count). The molecule has 0 spiro atoms. The zero-order valence-electron chi connectivity index (χ0n) is 9.19. The minimum atomic E-state index is -1.01. The number of nitrogens with zero attached hydrogens (tertiary/aromatic N) is 2. The number of hydrogen-bond acceptors (Lipinski definition) is 3. The number of carboxylic acids is 1. The van der Waals surface area contributed by atoms with Gasteiger partial charge in [-0.15, -0.1) is 0 Å². The molecule has 0 unspecified atom stereocenters. The maximum atomic E-state index is 12.0. The highest BCUT2D eigenvalue weighted by Crippen LogP contribution is 2.16. The first-order valence-electron chi connectivity index (χ1n) is 5.40. The summed E-state index contributed by atoms with van der Waals surface area (Å²) in [6, 6.07) is 0. The predicted molar refractivity (Wildman–Crippen MR) is 57.5 cm³/mol. The molecule has 0 amide bonds. The molecule has 0 atom stereocenters. The molecule has 5 heteroatoms. The third kappa shape index (κ3) is 1.85. The molecule has 1 aromatic heterocycles. The van der Waals surface area contributed by atoms with Crippen LogP contribution in [0, 0.1) is 6.92 Å². The van der Waals surface area contributed by atoms with E-state index < -0.39 is 5.97 Å². The molecule has 0 radical (unpaired) electrons. The first-order valence-corrected chi connectivity index (χ1v) is 5.40. The lowest BCUT2D eigenvalue weighted by atomic mass is 9.97. The summed E-state index contributed by atoms with van der Waals surface area (Å²) in [6.45, 7) is 1.38. The van der Waals surface area contributed by atoms with E-state index >= 15 is 0 Å². The molecule has 0 saturated heterocycles. The summed E-state index contributed by atoms with van der Waals surface area (Å²) in [4.78, 5) is 27.0. The van der Waals surface area contributed by atoms with E-state index in [1.165, 1.54) is 4.57 Å². The van der Waals surface area contributed by atoms with Gasteiger partial charge in [-0.3, -0.25) is 14.2 Å². The first kappa shape index (κ1) is 10.9. The molecular weight excluding hydrogens is 208 g/mol. The van der Waals surface area contributed by atoms with Gasteiger partial charge in [-0.1, -0.05) is 0 Å². The Hall–Kier alpha value is -1.65. The molecule has 16 heavy (non-hydrogen) atoms. The summed E-state index contributed by atoms with van der Waals surface area (Å²) in [5, 5.41) is 8.73. The number of fused-ring (bicyclic) bond motifs is 1. The number of aryl methyl sites for hydroxylation is 2. The second kappa shape index (κ2) is 4.08. The topological polar surface area (TPSA) is 72.2 Å². The number of hydrogen-bond donors (Lipinski definition) is 1. The fourth-order valence-electron chi connectivity index (χ4n) is 2.13. The Morgan fingerprint density at radius 3 is 2.81 bits per heavy atom. The van der Waals surface area contributed by atoms with Crippen LogP contribution in [0.4, 0.5) is 0 Å². The first-order chi connectivity index (χ1) is 7.59. The molecule has 5 nitrogen and oxygen atoms in total. The van der Waals surface area contributed by atoms with Crippen molar-refractivity contribution in [2.75, 3.05) is 0 Å². The van der Waals surface area contributed by atoms with Crippen molar-refractivity contribution < 1.29 is 9.90 Å². The fraction of sp³-hybridized carbons (Fsp3) is 0.545. The third-order valence-electron chi connectivity index (χ3n) is 2.92. The van der Waals surface area contributed by atoms with Crippen LogP contribution in [0.15, 0.2) is 4.79 Å². The maximum Gasteiger partial charge on any atom is 0.323 e. The van der Waals surface area contributed by atoms with Gasteiger partial charge in [-0.05, 0) is 32.6 Å². The van der Waals surface area contributed by atoms with Gasteiger partial charge in [0.15, 0.2) is 0 Å². The van der Waals surface area contributed by atoms with Gasteiger partial charge in [0.2, 0.25) is 0 Å². The van der Waals surface area contributed by atoms with Gasteiger partial charge < -0.3 is 5.11 Å². The quantitative estimate of drug-likeness (QED) is 0.791. The van der Waals surface area contributed by atoms with Gasteiger partial charge in [-0.2, -0.15) is 0 Å². The van der Waals surface area contributed by atoms with Crippen molar-refractivity contribution in [3.05, 3.63) is 27.4 Å². The van der Waals surface area contributed by atoms with Crippen molar-refractivity contribution in [2.45, 2.75) is 39.2 Å². The summed E-state index contributed by atoms with van der Waals surface area (Å²) in [7, 11) is 0. The zero-order valence-corrected chi connectivity index (χ0v) is 9.19. The largest absolute Gasteiger partial charge is 0.480 e. The van der Waals surface area contributed by atoms with Gasteiger partial charge in [-0.25, -0.2) is 4.98 Å². The van der Waals surface area contributed by atoms with Gasteiger partial charge >= 0.3 is 5.97 Å². The van der Waals surface area contributed by atoms with E-state index in [2.05, 4.69) is 4.98 Å². The van der Waals surface area contributed by atoms with Crippen molar-refractivity contribution >= 4 is 5.97 Å². The van der Waals surface area contributed by atoms with Gasteiger partial charge in [0, 0.05) is 5.56 Å². The highest BCUT2D eigenvalue weighted by molar-refractivity contribution is 5.66. The van der Waals surface area contributed by atoms with E-state index in [-0.39, 0.29) is 12.1 Å². The Morgan fingerprint density at radius 2 is 2.12 bits per heavy atom. The molecule has 86 valence electrons. The van der Waals surface area contributed by atoms with Gasteiger partial charge in [0.05, 0.1) is 5.69 Å². The lowest BCUT2D eigenvalue weighted by molar-refractivity contribution is -0.137. The van der Waals surface area contributed by atoms with Crippen LogP contribution in [-0.4, -0.2) is 20.6 Å². The minimum absolute atomic E-state index is 0.176. The van der Waals surface area contributed by atoms with E-state index in [9.17, 15) is 9.59 Å². The van der Waals surface area contributed by atoms with Crippen LogP contribution >= 0.6 is 0 Å². The molecule has 1 aliphatic rings. The highest BCUT2D eigenvalue weighted by Gasteiger charge is 2.18. The van der Waals surface area contributed by atoms with Crippen molar-refractivity contribution in [2.24, 2.45) is 0 Å². The van der Waals surface area contributed by atoms with E-state index in [4.69, 9.17) is 5.11 Å². The van der Waals surface area contributed by atoms with Crippen molar-refractivity contribution in [3.63, 3.8) is 0 Å². The van der Waals surface area contributed by atoms with Crippen molar-refractivity contribution in [1.82, 2.24) is 9.55 Å². The van der Waals surface area contributed by atoms with Crippen molar-refractivity contribution in [3.8, 4) is 0 Å². The lowest BCUT2D eigenvalue weighted by Crippen LogP contribution is -2.32. The predicted octanol–water partition coefficient (Wildman–Crippen LogP) is 0.515. The molecule has 0 saturated carbocycles. The zero-order chi connectivity index (χ0) is 11.7. The average molecular weight is 222 g/mol. The number of aromatic nitrogens is 2. The smallest absolute Gasteiger partial charge is 0.323 e. The standard InChI is InChI=1S/C11H14N2O3/c1-7-12-9-5-3-2-4-8(9)11(16)13(7)6-10(14)15/h2-6H2,1H3,(H,14,15). The van der Waals surface area contributed by atoms with E-state index in [1.807, 2.05) is 0 Å². The Morgan fingerprint density at radius 1 is 1.44 bits per heavy atom. The van der Waals surface area contributed by atoms with Crippen molar-refractivity contribution in [1.29, 1.82) is 0 Å². The van der Waals surface area contributed by atoms with Crippen LogP contribution in [0.1, 0.15) is 29.9 Å². The number of rotatable bonds is 2.